The number of anilines is 1. The summed E-state index contributed by atoms with van der Waals surface area (Å²) >= 11 is 0. The largest absolute Gasteiger partial charge is 0.376 e. The Morgan fingerprint density at radius 1 is 1.25 bits per heavy atom. The summed E-state index contributed by atoms with van der Waals surface area (Å²) in [4.78, 5) is 0. The number of benzene rings is 2. The van der Waals surface area contributed by atoms with E-state index in [9.17, 15) is 4.39 Å². The molecule has 0 saturated carbocycles. The summed E-state index contributed by atoms with van der Waals surface area (Å²) in [6, 6.07) is 11.4. The Hall–Kier alpha value is -2.36. The SMILES string of the molecule is Fc1ccc2c(c1)CCC2Nc1cccc2cn[nH]c12. The number of hydrogen-bond acceptors (Lipinski definition) is 2. The number of nitrogens with one attached hydrogen (secondary N) is 2. The molecule has 3 aromatic rings. The van der Waals surface area contributed by atoms with E-state index >= 15 is 0 Å². The average Bonchev–Trinajstić information content (AvgIpc) is 3.06. The van der Waals surface area contributed by atoms with E-state index in [-0.39, 0.29) is 11.9 Å². The van der Waals surface area contributed by atoms with Gasteiger partial charge in [-0.1, -0.05) is 18.2 Å². The highest BCUT2D eigenvalue weighted by molar-refractivity contribution is 5.90. The molecule has 0 saturated heterocycles. The minimum Gasteiger partial charge on any atom is -0.376 e. The third-order valence-corrected chi connectivity index (χ3v) is 3.99. The summed E-state index contributed by atoms with van der Waals surface area (Å²) in [5, 5.41) is 11.7. The molecule has 1 heterocycles. The first kappa shape index (κ1) is 11.5. The lowest BCUT2D eigenvalue weighted by atomic mass is 10.1. The van der Waals surface area contributed by atoms with Crippen LogP contribution in [-0.4, -0.2) is 10.2 Å². The minimum absolute atomic E-state index is 0.153. The summed E-state index contributed by atoms with van der Waals surface area (Å²) in [7, 11) is 0. The van der Waals surface area contributed by atoms with Crippen LogP contribution in [0.4, 0.5) is 10.1 Å². The summed E-state index contributed by atoms with van der Waals surface area (Å²) in [6.07, 6.45) is 3.73. The van der Waals surface area contributed by atoms with Gasteiger partial charge in [0.25, 0.3) is 0 Å². The highest BCUT2D eigenvalue weighted by atomic mass is 19.1. The van der Waals surface area contributed by atoms with E-state index in [2.05, 4.69) is 15.5 Å². The van der Waals surface area contributed by atoms with Crippen LogP contribution in [0, 0.1) is 5.82 Å². The number of aryl methyl sites for hydroxylation is 1. The van der Waals surface area contributed by atoms with Gasteiger partial charge in [0.15, 0.2) is 0 Å². The van der Waals surface area contributed by atoms with Gasteiger partial charge in [0.05, 0.1) is 23.4 Å². The van der Waals surface area contributed by atoms with Gasteiger partial charge >= 0.3 is 0 Å². The third-order valence-electron chi connectivity index (χ3n) is 3.99. The number of para-hydroxylation sites is 1. The second-order valence-electron chi connectivity index (χ2n) is 5.22. The molecule has 1 aliphatic rings. The zero-order chi connectivity index (χ0) is 13.5. The Morgan fingerprint density at radius 2 is 2.20 bits per heavy atom. The first-order chi connectivity index (χ1) is 9.81. The topological polar surface area (TPSA) is 40.7 Å². The van der Waals surface area contributed by atoms with Gasteiger partial charge in [-0.05, 0) is 42.2 Å². The molecule has 1 aromatic heterocycles. The molecule has 4 heteroatoms. The second kappa shape index (κ2) is 4.34. The van der Waals surface area contributed by atoms with Gasteiger partial charge in [0, 0.05) is 5.39 Å². The van der Waals surface area contributed by atoms with E-state index in [1.165, 1.54) is 11.6 Å². The molecule has 1 unspecified atom stereocenters. The molecule has 0 bridgehead atoms. The highest BCUT2D eigenvalue weighted by Crippen LogP contribution is 2.35. The molecule has 1 atom stereocenters. The van der Waals surface area contributed by atoms with Crippen molar-refractivity contribution in [3.8, 4) is 0 Å². The predicted molar refractivity (Wildman–Crippen MR) is 77.2 cm³/mol. The molecular weight excluding hydrogens is 253 g/mol. The van der Waals surface area contributed by atoms with Crippen LogP contribution in [0.15, 0.2) is 42.6 Å². The number of halogens is 1. The van der Waals surface area contributed by atoms with Crippen molar-refractivity contribution >= 4 is 16.6 Å². The number of hydrogen-bond donors (Lipinski definition) is 2. The van der Waals surface area contributed by atoms with Crippen molar-refractivity contribution in [2.24, 2.45) is 0 Å². The van der Waals surface area contributed by atoms with E-state index in [1.807, 2.05) is 30.5 Å². The molecule has 2 aromatic carbocycles. The number of aromatic amines is 1. The van der Waals surface area contributed by atoms with Crippen molar-refractivity contribution < 1.29 is 4.39 Å². The van der Waals surface area contributed by atoms with Gasteiger partial charge in [-0.15, -0.1) is 0 Å². The van der Waals surface area contributed by atoms with Gasteiger partial charge in [-0.3, -0.25) is 5.10 Å². The number of H-pyrrole nitrogens is 1. The normalized spacial score (nSPS) is 17.4. The van der Waals surface area contributed by atoms with Crippen LogP contribution in [0.3, 0.4) is 0 Å². The quantitative estimate of drug-likeness (QED) is 0.741. The minimum atomic E-state index is -0.153. The standard InChI is InChI=1S/C16H14FN3/c17-12-5-6-13-10(8-12)4-7-14(13)19-15-3-1-2-11-9-18-20-16(11)15/h1-3,5-6,8-9,14,19H,4,7H2,(H,18,20). The van der Waals surface area contributed by atoms with Crippen LogP contribution in [-0.2, 0) is 6.42 Å². The Labute approximate surface area is 115 Å². The van der Waals surface area contributed by atoms with Crippen LogP contribution in [0.5, 0.6) is 0 Å². The van der Waals surface area contributed by atoms with Gasteiger partial charge in [-0.2, -0.15) is 5.10 Å². The number of fused-ring (bicyclic) bond motifs is 2. The molecule has 20 heavy (non-hydrogen) atoms. The van der Waals surface area contributed by atoms with Gasteiger partial charge < -0.3 is 5.32 Å². The lowest BCUT2D eigenvalue weighted by Crippen LogP contribution is -2.07. The number of rotatable bonds is 2. The molecule has 0 amide bonds. The maximum atomic E-state index is 13.2. The summed E-state index contributed by atoms with van der Waals surface area (Å²) < 4.78 is 13.2. The zero-order valence-electron chi connectivity index (χ0n) is 10.9. The van der Waals surface area contributed by atoms with E-state index in [0.29, 0.717) is 0 Å². The van der Waals surface area contributed by atoms with Crippen LogP contribution < -0.4 is 5.32 Å². The molecular formula is C16H14FN3. The number of aromatic nitrogens is 2. The fourth-order valence-electron chi connectivity index (χ4n) is 3.01. The Morgan fingerprint density at radius 3 is 3.15 bits per heavy atom. The molecule has 4 rings (SSSR count). The summed E-state index contributed by atoms with van der Waals surface area (Å²) in [5.41, 5.74) is 4.37. The van der Waals surface area contributed by atoms with Crippen molar-refractivity contribution in [3.05, 3.63) is 59.5 Å². The first-order valence-electron chi connectivity index (χ1n) is 6.78. The van der Waals surface area contributed by atoms with Crippen molar-refractivity contribution in [1.82, 2.24) is 10.2 Å². The number of nitrogens with zero attached hydrogens (tertiary/aromatic N) is 1. The predicted octanol–water partition coefficient (Wildman–Crippen LogP) is 3.80. The molecule has 2 N–H and O–H groups in total. The van der Waals surface area contributed by atoms with Crippen molar-refractivity contribution in [2.45, 2.75) is 18.9 Å². The van der Waals surface area contributed by atoms with E-state index in [4.69, 9.17) is 0 Å². The van der Waals surface area contributed by atoms with Crippen LogP contribution >= 0.6 is 0 Å². The first-order valence-corrected chi connectivity index (χ1v) is 6.78. The Balaban J connectivity index is 1.70. The van der Waals surface area contributed by atoms with E-state index in [1.54, 1.807) is 6.07 Å². The third kappa shape index (κ3) is 1.76. The van der Waals surface area contributed by atoms with Gasteiger partial charge in [0.2, 0.25) is 0 Å². The Bertz CT molecular complexity index is 778. The molecule has 0 fully saturated rings. The summed E-state index contributed by atoms with van der Waals surface area (Å²) in [6.45, 7) is 0. The molecule has 0 radical (unpaired) electrons. The van der Waals surface area contributed by atoms with Crippen molar-refractivity contribution in [1.29, 1.82) is 0 Å². The Kier molecular flexibility index (Phi) is 2.49. The second-order valence-corrected chi connectivity index (χ2v) is 5.22. The lowest BCUT2D eigenvalue weighted by molar-refractivity contribution is 0.626. The van der Waals surface area contributed by atoms with Crippen LogP contribution in [0.2, 0.25) is 0 Å². The molecule has 100 valence electrons. The molecule has 0 spiro atoms. The maximum Gasteiger partial charge on any atom is 0.123 e. The molecule has 1 aliphatic carbocycles. The average molecular weight is 267 g/mol. The van der Waals surface area contributed by atoms with Gasteiger partial charge in [-0.25, -0.2) is 4.39 Å². The fraction of sp³-hybridized carbons (Fsp3) is 0.188. The summed E-state index contributed by atoms with van der Waals surface area (Å²) in [5.74, 6) is -0.153. The van der Waals surface area contributed by atoms with Crippen LogP contribution in [0.25, 0.3) is 10.9 Å². The van der Waals surface area contributed by atoms with Crippen LogP contribution in [0.1, 0.15) is 23.6 Å². The van der Waals surface area contributed by atoms with Crippen molar-refractivity contribution in [3.63, 3.8) is 0 Å². The smallest absolute Gasteiger partial charge is 0.123 e. The monoisotopic (exact) mass is 267 g/mol. The molecule has 3 nitrogen and oxygen atoms in total. The van der Waals surface area contributed by atoms with Gasteiger partial charge in [0.1, 0.15) is 5.82 Å². The lowest BCUT2D eigenvalue weighted by Gasteiger charge is -2.16. The zero-order valence-corrected chi connectivity index (χ0v) is 10.9. The van der Waals surface area contributed by atoms with Crippen molar-refractivity contribution in [2.75, 3.05) is 5.32 Å². The maximum absolute atomic E-state index is 13.2. The van der Waals surface area contributed by atoms with E-state index in [0.717, 1.165) is 35.0 Å². The molecule has 0 aliphatic heterocycles. The fourth-order valence-corrected chi connectivity index (χ4v) is 3.01. The highest BCUT2D eigenvalue weighted by Gasteiger charge is 2.23. The van der Waals surface area contributed by atoms with E-state index < -0.39 is 0 Å².